The largest absolute Gasteiger partial charge is 0.485 e. The number of hydrogen-bond donors (Lipinski definition) is 0. The summed E-state index contributed by atoms with van der Waals surface area (Å²) in [5, 5.41) is 0.712. The molecule has 0 bridgehead atoms. The lowest BCUT2D eigenvalue weighted by Crippen LogP contribution is -2.04. The van der Waals surface area contributed by atoms with Crippen molar-refractivity contribution in [2.75, 3.05) is 0 Å². The molecule has 0 aliphatic heterocycles. The van der Waals surface area contributed by atoms with Gasteiger partial charge in [0, 0.05) is 5.02 Å². The summed E-state index contributed by atoms with van der Waals surface area (Å²) in [5.74, 6) is 1.30. The molecule has 1 unspecified atom stereocenters. The van der Waals surface area contributed by atoms with Crippen molar-refractivity contribution in [3.63, 3.8) is 0 Å². The summed E-state index contributed by atoms with van der Waals surface area (Å²) in [5.41, 5.74) is 4.62. The third-order valence-electron chi connectivity index (χ3n) is 4.30. The molecule has 130 valence electrons. The molecule has 0 aliphatic carbocycles. The van der Waals surface area contributed by atoms with E-state index in [1.54, 1.807) is 0 Å². The maximum absolute atomic E-state index is 6.23. The molecule has 0 fully saturated rings. The third-order valence-corrected chi connectivity index (χ3v) is 4.55. The van der Waals surface area contributed by atoms with E-state index >= 15 is 0 Å². The van der Waals surface area contributed by atoms with Crippen LogP contribution in [0.4, 0.5) is 0 Å². The minimum Gasteiger partial charge on any atom is -0.485 e. The summed E-state index contributed by atoms with van der Waals surface area (Å²) in [7, 11) is 0. The van der Waals surface area contributed by atoms with Gasteiger partial charge in [0.2, 0.25) is 5.89 Å². The van der Waals surface area contributed by atoms with E-state index < -0.39 is 0 Å². The molecule has 0 aliphatic rings. The van der Waals surface area contributed by atoms with E-state index in [4.69, 9.17) is 20.8 Å². The molecule has 0 saturated carbocycles. The van der Waals surface area contributed by atoms with E-state index in [-0.39, 0.29) is 6.10 Å². The van der Waals surface area contributed by atoms with Gasteiger partial charge in [0.25, 0.3) is 0 Å². The molecule has 26 heavy (non-hydrogen) atoms. The Morgan fingerprint density at radius 1 is 1.00 bits per heavy atom. The fourth-order valence-corrected chi connectivity index (χ4v) is 3.02. The van der Waals surface area contributed by atoms with Gasteiger partial charge in [-0.05, 0) is 55.8 Å². The van der Waals surface area contributed by atoms with Gasteiger partial charge in [-0.3, -0.25) is 0 Å². The number of halogens is 1. The van der Waals surface area contributed by atoms with Gasteiger partial charge in [0.05, 0.1) is 5.56 Å². The van der Waals surface area contributed by atoms with Crippen molar-refractivity contribution >= 4 is 22.7 Å². The number of nitrogens with zero attached hydrogens (tertiary/aromatic N) is 1. The van der Waals surface area contributed by atoms with Crippen LogP contribution in [-0.4, -0.2) is 4.98 Å². The Balaban J connectivity index is 1.71. The molecule has 3 aromatic carbocycles. The molecule has 0 radical (unpaired) electrons. The summed E-state index contributed by atoms with van der Waals surface area (Å²) in [6.45, 7) is 4.05. The number of rotatable bonds is 4. The molecular weight excluding hydrogens is 346 g/mol. The van der Waals surface area contributed by atoms with E-state index in [0.29, 0.717) is 10.9 Å². The zero-order valence-electron chi connectivity index (χ0n) is 14.6. The molecule has 0 amide bonds. The van der Waals surface area contributed by atoms with Gasteiger partial charge >= 0.3 is 0 Å². The number of benzene rings is 3. The van der Waals surface area contributed by atoms with Gasteiger partial charge in [0.15, 0.2) is 5.58 Å². The van der Waals surface area contributed by atoms with Crippen LogP contribution >= 0.6 is 11.6 Å². The van der Waals surface area contributed by atoms with Crippen LogP contribution in [0.3, 0.4) is 0 Å². The average molecular weight is 364 g/mol. The summed E-state index contributed by atoms with van der Waals surface area (Å²) >= 11 is 5.98. The second kappa shape index (κ2) is 6.85. The molecule has 4 heteroatoms. The van der Waals surface area contributed by atoms with E-state index in [2.05, 4.69) is 4.98 Å². The van der Waals surface area contributed by atoms with E-state index in [1.807, 2.05) is 80.6 Å². The number of aromatic nitrogens is 1. The normalized spacial score (nSPS) is 12.3. The van der Waals surface area contributed by atoms with Gasteiger partial charge in [-0.1, -0.05) is 47.5 Å². The maximum Gasteiger partial charge on any atom is 0.231 e. The molecule has 0 saturated heterocycles. The van der Waals surface area contributed by atoms with Gasteiger partial charge in [-0.15, -0.1) is 0 Å². The zero-order valence-corrected chi connectivity index (χ0v) is 15.3. The highest BCUT2D eigenvalue weighted by Crippen LogP contribution is 2.35. The highest BCUT2D eigenvalue weighted by molar-refractivity contribution is 6.30. The van der Waals surface area contributed by atoms with E-state index in [1.165, 1.54) is 0 Å². The van der Waals surface area contributed by atoms with E-state index in [9.17, 15) is 0 Å². The van der Waals surface area contributed by atoms with Crippen molar-refractivity contribution in [2.45, 2.75) is 20.0 Å². The molecule has 3 nitrogen and oxygen atoms in total. The molecule has 4 aromatic rings. The van der Waals surface area contributed by atoms with Crippen LogP contribution in [0.1, 0.15) is 24.2 Å². The first-order chi connectivity index (χ1) is 12.6. The highest BCUT2D eigenvalue weighted by atomic mass is 35.5. The van der Waals surface area contributed by atoms with Crippen LogP contribution in [-0.2, 0) is 0 Å². The molecule has 1 aromatic heterocycles. The third kappa shape index (κ3) is 3.31. The summed E-state index contributed by atoms with van der Waals surface area (Å²) < 4.78 is 12.2. The van der Waals surface area contributed by atoms with E-state index in [0.717, 1.165) is 33.5 Å². The van der Waals surface area contributed by atoms with Crippen LogP contribution in [0.25, 0.3) is 22.6 Å². The van der Waals surface area contributed by atoms with Crippen LogP contribution in [0.2, 0.25) is 5.02 Å². The molecule has 0 spiro atoms. The summed E-state index contributed by atoms with van der Waals surface area (Å²) in [4.78, 5) is 4.61. The fourth-order valence-electron chi connectivity index (χ4n) is 2.89. The predicted octanol–water partition coefficient (Wildman–Crippen LogP) is 6.60. The van der Waals surface area contributed by atoms with Crippen molar-refractivity contribution in [1.82, 2.24) is 4.98 Å². The lowest BCUT2D eigenvalue weighted by molar-refractivity contribution is 0.227. The van der Waals surface area contributed by atoms with Gasteiger partial charge in [0.1, 0.15) is 17.4 Å². The van der Waals surface area contributed by atoms with Crippen molar-refractivity contribution in [2.24, 2.45) is 0 Å². The number of para-hydroxylation sites is 2. The lowest BCUT2D eigenvalue weighted by atomic mass is 10.1. The monoisotopic (exact) mass is 363 g/mol. The first kappa shape index (κ1) is 16.7. The van der Waals surface area contributed by atoms with Crippen LogP contribution < -0.4 is 4.74 Å². The second-order valence-electron chi connectivity index (χ2n) is 6.30. The quantitative estimate of drug-likeness (QED) is 0.410. The molecular formula is C22H18ClNO2. The minimum atomic E-state index is -0.127. The lowest BCUT2D eigenvalue weighted by Gasteiger charge is -2.17. The Morgan fingerprint density at radius 2 is 1.77 bits per heavy atom. The predicted molar refractivity (Wildman–Crippen MR) is 105 cm³/mol. The zero-order chi connectivity index (χ0) is 18.1. The summed E-state index contributed by atoms with van der Waals surface area (Å²) in [6.07, 6.45) is -0.127. The minimum absolute atomic E-state index is 0.127. The Morgan fingerprint density at radius 3 is 2.54 bits per heavy atom. The number of oxazole rings is 1. The van der Waals surface area contributed by atoms with Crippen molar-refractivity contribution < 1.29 is 9.15 Å². The molecule has 4 rings (SSSR count). The van der Waals surface area contributed by atoms with Crippen molar-refractivity contribution in [3.8, 4) is 17.2 Å². The first-order valence-corrected chi connectivity index (χ1v) is 8.87. The Labute approximate surface area is 157 Å². The number of aryl methyl sites for hydroxylation is 1. The molecule has 0 N–H and O–H groups in total. The fraction of sp³-hybridized carbons (Fsp3) is 0.136. The Kier molecular flexibility index (Phi) is 4.39. The standard InChI is InChI=1S/C22H18ClNO2/c1-14-7-12-20(25-15(2)16-8-10-17(23)11-9-16)18(13-14)22-24-19-5-3-4-6-21(19)26-22/h3-13,15H,1-2H3. The van der Waals surface area contributed by atoms with Crippen molar-refractivity contribution in [1.29, 1.82) is 0 Å². The maximum atomic E-state index is 6.23. The summed E-state index contributed by atoms with van der Waals surface area (Å²) in [6, 6.07) is 21.4. The van der Waals surface area contributed by atoms with Crippen LogP contribution in [0.15, 0.2) is 71.1 Å². The van der Waals surface area contributed by atoms with Crippen LogP contribution in [0, 0.1) is 6.92 Å². The SMILES string of the molecule is Cc1ccc(OC(C)c2ccc(Cl)cc2)c(-c2nc3ccccc3o2)c1. The average Bonchev–Trinajstić information content (AvgIpc) is 3.07. The highest BCUT2D eigenvalue weighted by Gasteiger charge is 2.16. The smallest absolute Gasteiger partial charge is 0.231 e. The molecule has 1 heterocycles. The van der Waals surface area contributed by atoms with Crippen molar-refractivity contribution in [3.05, 3.63) is 82.9 Å². The Bertz CT molecular complexity index is 1020. The van der Waals surface area contributed by atoms with Gasteiger partial charge in [-0.2, -0.15) is 0 Å². The first-order valence-electron chi connectivity index (χ1n) is 8.49. The van der Waals surface area contributed by atoms with Crippen LogP contribution in [0.5, 0.6) is 5.75 Å². The number of ether oxygens (including phenoxy) is 1. The second-order valence-corrected chi connectivity index (χ2v) is 6.73. The Hall–Kier alpha value is -2.78. The number of fused-ring (bicyclic) bond motifs is 1. The topological polar surface area (TPSA) is 35.3 Å². The molecule has 1 atom stereocenters. The number of hydrogen-bond acceptors (Lipinski definition) is 3. The van der Waals surface area contributed by atoms with Gasteiger partial charge < -0.3 is 9.15 Å². The van der Waals surface area contributed by atoms with Gasteiger partial charge in [-0.25, -0.2) is 4.98 Å².